The van der Waals surface area contributed by atoms with Crippen LogP contribution in [0, 0.1) is 23.2 Å². The molecular weight excluding hydrogens is 488 g/mol. The number of carboxylic acid groups (broad SMARTS) is 1. The van der Waals surface area contributed by atoms with Crippen LogP contribution in [-0.2, 0) is 9.59 Å². The lowest BCUT2D eigenvalue weighted by Crippen LogP contribution is -2.44. The minimum absolute atomic E-state index is 0.112. The highest BCUT2D eigenvalue weighted by molar-refractivity contribution is 5.73. The Bertz CT molecular complexity index is 1110. The van der Waals surface area contributed by atoms with Gasteiger partial charge >= 0.3 is 5.97 Å². The molecule has 0 spiro atoms. The monoisotopic (exact) mass is 534 g/mol. The second kappa shape index (κ2) is 13.4. The first kappa shape index (κ1) is 30.6. The van der Waals surface area contributed by atoms with Crippen LogP contribution in [0.5, 0.6) is 0 Å². The van der Waals surface area contributed by atoms with E-state index in [0.717, 1.165) is 56.8 Å². The average Bonchev–Trinajstić information content (AvgIpc) is 3.22. The number of carbonyl (C=O) groups is 2. The van der Waals surface area contributed by atoms with Crippen LogP contribution in [0.4, 0.5) is 0 Å². The van der Waals surface area contributed by atoms with E-state index in [0.29, 0.717) is 11.8 Å². The van der Waals surface area contributed by atoms with Crippen LogP contribution in [0.2, 0.25) is 0 Å². The largest absolute Gasteiger partial charge is 0.512 e. The predicted molar refractivity (Wildman–Crippen MR) is 157 cm³/mol. The topological polar surface area (TPSA) is 94.8 Å². The summed E-state index contributed by atoms with van der Waals surface area (Å²) in [5.74, 6) is -1.33. The number of aldehydes is 1. The van der Waals surface area contributed by atoms with E-state index in [1.54, 1.807) is 12.2 Å². The van der Waals surface area contributed by atoms with Gasteiger partial charge in [0.15, 0.2) is 0 Å². The first-order valence-electron chi connectivity index (χ1n) is 14.6. The van der Waals surface area contributed by atoms with Gasteiger partial charge in [0, 0.05) is 5.92 Å². The van der Waals surface area contributed by atoms with Crippen molar-refractivity contribution in [2.45, 2.75) is 91.1 Å². The summed E-state index contributed by atoms with van der Waals surface area (Å²) < 4.78 is 0. The standard InChI is InChI=1S/C32H40O5.C2H6/c1-4-6-25-23(17-18-33)13-14-26-28-15-16-29(35)32(28,3)19-27(30(25)26)22-11-9-21(10-12-22)7-5-8-24(20(2)34)31(36)37;1-2/h5,7,9-12,17-18,24,26-29,34-35H,2,4,6,8,13-16,19H2,1,3H3,(H,36,37);1-2H3/b7-5+,23-17-;. The van der Waals surface area contributed by atoms with Gasteiger partial charge in [0.05, 0.1) is 11.9 Å². The number of hydrogen-bond acceptors (Lipinski definition) is 4. The number of carbonyl (C=O) groups excluding carboxylic acids is 1. The average molecular weight is 535 g/mol. The number of aliphatic hydroxyl groups is 2. The molecule has 4 rings (SSSR count). The molecule has 0 heterocycles. The molecule has 3 aliphatic rings. The van der Waals surface area contributed by atoms with Gasteiger partial charge < -0.3 is 15.3 Å². The third-order valence-electron chi connectivity index (χ3n) is 9.22. The van der Waals surface area contributed by atoms with Crippen LogP contribution >= 0.6 is 0 Å². The maximum absolute atomic E-state index is 11.5. The van der Waals surface area contributed by atoms with Crippen LogP contribution in [0.25, 0.3) is 6.08 Å². The first-order chi connectivity index (χ1) is 18.7. The van der Waals surface area contributed by atoms with Crippen LogP contribution in [-0.4, -0.2) is 33.7 Å². The molecule has 212 valence electrons. The summed E-state index contributed by atoms with van der Waals surface area (Å²) in [6.45, 7) is 11.8. The van der Waals surface area contributed by atoms with Crippen molar-refractivity contribution in [3.63, 3.8) is 0 Å². The molecule has 5 nitrogen and oxygen atoms in total. The van der Waals surface area contributed by atoms with Crippen LogP contribution in [0.3, 0.4) is 0 Å². The molecule has 0 saturated heterocycles. The van der Waals surface area contributed by atoms with Gasteiger partial charge in [-0.15, -0.1) is 0 Å². The quantitative estimate of drug-likeness (QED) is 0.171. The molecule has 0 radical (unpaired) electrons. The number of allylic oxidation sites excluding steroid dienone is 5. The van der Waals surface area contributed by atoms with Gasteiger partial charge in [-0.2, -0.15) is 0 Å². The van der Waals surface area contributed by atoms with Gasteiger partial charge in [-0.1, -0.05) is 82.7 Å². The van der Waals surface area contributed by atoms with Crippen molar-refractivity contribution in [1.29, 1.82) is 0 Å². The van der Waals surface area contributed by atoms with Crippen molar-refractivity contribution < 1.29 is 24.9 Å². The molecular formula is C34H46O5. The third kappa shape index (κ3) is 6.30. The van der Waals surface area contributed by atoms with E-state index in [1.807, 2.05) is 19.9 Å². The molecule has 0 bridgehead atoms. The molecule has 39 heavy (non-hydrogen) atoms. The van der Waals surface area contributed by atoms with E-state index in [2.05, 4.69) is 44.7 Å². The van der Waals surface area contributed by atoms with E-state index >= 15 is 0 Å². The summed E-state index contributed by atoms with van der Waals surface area (Å²) in [7, 11) is 0. The summed E-state index contributed by atoms with van der Waals surface area (Å²) in [5, 5.41) is 29.8. The third-order valence-corrected chi connectivity index (χ3v) is 9.22. The Labute approximate surface area is 234 Å². The summed E-state index contributed by atoms with van der Waals surface area (Å²) in [4.78, 5) is 22.7. The van der Waals surface area contributed by atoms with Gasteiger partial charge in [0.25, 0.3) is 0 Å². The van der Waals surface area contributed by atoms with E-state index < -0.39 is 11.9 Å². The van der Waals surface area contributed by atoms with Crippen molar-refractivity contribution in [2.75, 3.05) is 0 Å². The fourth-order valence-electron chi connectivity index (χ4n) is 7.33. The normalized spacial score (nSPS) is 29.8. The zero-order valence-electron chi connectivity index (χ0n) is 24.0. The molecule has 3 N–H and O–H groups in total. The predicted octanol–water partition coefficient (Wildman–Crippen LogP) is 7.79. The highest BCUT2D eigenvalue weighted by atomic mass is 16.4. The molecule has 1 aromatic carbocycles. The highest BCUT2D eigenvalue weighted by Gasteiger charge is 2.56. The van der Waals surface area contributed by atoms with Crippen molar-refractivity contribution in [3.8, 4) is 0 Å². The van der Waals surface area contributed by atoms with Crippen LogP contribution in [0.15, 0.2) is 65.5 Å². The Morgan fingerprint density at radius 1 is 1.15 bits per heavy atom. The number of hydrogen-bond donors (Lipinski definition) is 3. The maximum Gasteiger partial charge on any atom is 0.314 e. The molecule has 2 saturated carbocycles. The first-order valence-corrected chi connectivity index (χ1v) is 14.6. The van der Waals surface area contributed by atoms with Crippen LogP contribution in [0.1, 0.15) is 96.1 Å². The second-order valence-electron chi connectivity index (χ2n) is 11.3. The maximum atomic E-state index is 11.5. The SMILES string of the molecule is C=C(O)C(C/C=C/c1ccc(C2CC3(C)C(O)CCC3C3CC/C(=C/C=O)C(CCC)=C23)cc1)C(=O)O.CC. The van der Waals surface area contributed by atoms with Gasteiger partial charge in [0.2, 0.25) is 0 Å². The second-order valence-corrected chi connectivity index (χ2v) is 11.3. The van der Waals surface area contributed by atoms with Gasteiger partial charge in [0.1, 0.15) is 12.2 Å². The minimum atomic E-state index is -1.09. The Hall–Kier alpha value is -2.92. The summed E-state index contributed by atoms with van der Waals surface area (Å²) in [6, 6.07) is 8.41. The summed E-state index contributed by atoms with van der Waals surface area (Å²) >= 11 is 0. The van der Waals surface area contributed by atoms with E-state index in [1.165, 1.54) is 22.3 Å². The zero-order valence-corrected chi connectivity index (χ0v) is 24.0. The van der Waals surface area contributed by atoms with E-state index in [9.17, 15) is 24.9 Å². The van der Waals surface area contributed by atoms with Gasteiger partial charge in [-0.25, -0.2) is 0 Å². The number of aliphatic carboxylic acids is 1. The molecule has 1 aromatic rings. The summed E-state index contributed by atoms with van der Waals surface area (Å²) in [6.07, 6.45) is 13.0. The Morgan fingerprint density at radius 2 is 1.85 bits per heavy atom. The zero-order chi connectivity index (χ0) is 28.7. The number of benzene rings is 1. The lowest BCUT2D eigenvalue weighted by atomic mass is 9.53. The fraction of sp³-hybridized carbons (Fsp3) is 0.529. The van der Waals surface area contributed by atoms with Gasteiger partial charge in [-0.3, -0.25) is 9.59 Å². The van der Waals surface area contributed by atoms with Crippen molar-refractivity contribution >= 4 is 18.3 Å². The van der Waals surface area contributed by atoms with Crippen molar-refractivity contribution in [2.24, 2.45) is 23.2 Å². The Morgan fingerprint density at radius 3 is 2.44 bits per heavy atom. The van der Waals surface area contributed by atoms with E-state index in [4.69, 9.17) is 0 Å². The lowest BCUT2D eigenvalue weighted by molar-refractivity contribution is -0.141. The van der Waals surface area contributed by atoms with Crippen LogP contribution < -0.4 is 0 Å². The number of fused-ring (bicyclic) bond motifs is 3. The van der Waals surface area contributed by atoms with Gasteiger partial charge in [-0.05, 0) is 90.5 Å². The number of carboxylic acids is 1. The minimum Gasteiger partial charge on any atom is -0.512 e. The highest BCUT2D eigenvalue weighted by Crippen LogP contribution is 2.63. The molecule has 6 atom stereocenters. The number of rotatable bonds is 9. The van der Waals surface area contributed by atoms with Crippen molar-refractivity contribution in [3.05, 3.63) is 76.6 Å². The molecule has 5 heteroatoms. The lowest BCUT2D eigenvalue weighted by Gasteiger charge is -2.51. The Balaban J connectivity index is 0.00000205. The smallest absolute Gasteiger partial charge is 0.314 e. The molecule has 6 unspecified atom stereocenters. The molecule has 2 fully saturated rings. The molecule has 0 aliphatic heterocycles. The molecule has 3 aliphatic carbocycles. The Kier molecular flexibility index (Phi) is 10.5. The number of aliphatic hydroxyl groups excluding tert-OH is 2. The fourth-order valence-corrected chi connectivity index (χ4v) is 7.33. The molecule has 0 aromatic heterocycles. The van der Waals surface area contributed by atoms with E-state index in [-0.39, 0.29) is 29.6 Å². The molecule has 0 amide bonds. The summed E-state index contributed by atoms with van der Waals surface area (Å²) in [5.41, 5.74) is 6.12. The van der Waals surface area contributed by atoms with Crippen molar-refractivity contribution in [1.82, 2.24) is 0 Å².